The molecule has 0 N–H and O–H groups in total. The summed E-state index contributed by atoms with van der Waals surface area (Å²) < 4.78 is 12.4. The van der Waals surface area contributed by atoms with Crippen LogP contribution in [0.4, 0.5) is 4.39 Å². The fraction of sp³-hybridized carbons (Fsp3) is 0.300. The largest absolute Gasteiger partial charge is 1.00 e. The van der Waals surface area contributed by atoms with Gasteiger partial charge in [0.1, 0.15) is 5.82 Å². The highest BCUT2D eigenvalue weighted by atomic mass is 35.5. The Bertz CT molecular complexity index is 269. The topological polar surface area (TPSA) is 17.1 Å². The third-order valence-electron chi connectivity index (χ3n) is 1.64. The average Bonchev–Trinajstić information content (AvgIpc) is 2.06. The Balaban J connectivity index is 0.00000144. The van der Waals surface area contributed by atoms with Crippen LogP contribution in [0.1, 0.15) is 30.1 Å². The molecular formula is C10H11ClFO-. The van der Waals surface area contributed by atoms with Crippen molar-refractivity contribution in [3.05, 3.63) is 35.6 Å². The second-order valence-electron chi connectivity index (χ2n) is 2.68. The SMILES string of the molecule is CCCC(=O)c1ccc(F)cc1.[Cl-]. The van der Waals surface area contributed by atoms with Crippen LogP contribution in [0.25, 0.3) is 0 Å². The summed E-state index contributed by atoms with van der Waals surface area (Å²) in [5.41, 5.74) is 0.596. The number of rotatable bonds is 3. The van der Waals surface area contributed by atoms with Crippen LogP contribution in [0.15, 0.2) is 24.3 Å². The van der Waals surface area contributed by atoms with Crippen LogP contribution in [-0.4, -0.2) is 5.78 Å². The smallest absolute Gasteiger partial charge is 0.162 e. The molecule has 0 aromatic heterocycles. The van der Waals surface area contributed by atoms with Gasteiger partial charge in [-0.25, -0.2) is 4.39 Å². The second kappa shape index (κ2) is 5.70. The summed E-state index contributed by atoms with van der Waals surface area (Å²) in [6, 6.07) is 5.66. The summed E-state index contributed by atoms with van der Waals surface area (Å²) in [6.45, 7) is 1.95. The van der Waals surface area contributed by atoms with Crippen molar-refractivity contribution in [1.82, 2.24) is 0 Å². The van der Waals surface area contributed by atoms with Crippen molar-refractivity contribution in [3.8, 4) is 0 Å². The van der Waals surface area contributed by atoms with Crippen LogP contribution in [0.2, 0.25) is 0 Å². The van der Waals surface area contributed by atoms with Crippen LogP contribution in [0.5, 0.6) is 0 Å². The van der Waals surface area contributed by atoms with Crippen LogP contribution < -0.4 is 12.4 Å². The molecule has 0 fully saturated rings. The first-order valence-corrected chi connectivity index (χ1v) is 4.03. The normalized spacial score (nSPS) is 9.08. The maximum atomic E-state index is 12.4. The molecular weight excluding hydrogens is 191 g/mol. The second-order valence-corrected chi connectivity index (χ2v) is 2.68. The molecule has 0 spiro atoms. The van der Waals surface area contributed by atoms with Crippen molar-refractivity contribution >= 4 is 5.78 Å². The molecule has 0 bridgehead atoms. The lowest BCUT2D eigenvalue weighted by Gasteiger charge is -1.97. The predicted octanol–water partition coefficient (Wildman–Crippen LogP) is -0.188. The van der Waals surface area contributed by atoms with Crippen LogP contribution >= 0.6 is 0 Å². The monoisotopic (exact) mass is 201 g/mol. The van der Waals surface area contributed by atoms with Gasteiger partial charge in [-0.05, 0) is 30.7 Å². The van der Waals surface area contributed by atoms with Crippen LogP contribution in [0, 0.1) is 5.82 Å². The maximum Gasteiger partial charge on any atom is 0.162 e. The first kappa shape index (κ1) is 12.1. The van der Waals surface area contributed by atoms with E-state index < -0.39 is 0 Å². The number of ketones is 1. The minimum atomic E-state index is -0.303. The number of carbonyl (C=O) groups is 1. The highest BCUT2D eigenvalue weighted by Gasteiger charge is 2.02. The Hall–Kier alpha value is -0.890. The molecule has 0 atom stereocenters. The molecule has 72 valence electrons. The highest BCUT2D eigenvalue weighted by molar-refractivity contribution is 5.95. The Labute approximate surface area is 83.4 Å². The lowest BCUT2D eigenvalue weighted by atomic mass is 10.1. The molecule has 13 heavy (non-hydrogen) atoms. The van der Waals surface area contributed by atoms with E-state index in [2.05, 4.69) is 0 Å². The van der Waals surface area contributed by atoms with Gasteiger partial charge in [0.05, 0.1) is 0 Å². The Morgan fingerprint density at radius 1 is 1.31 bits per heavy atom. The van der Waals surface area contributed by atoms with E-state index in [4.69, 9.17) is 0 Å². The summed E-state index contributed by atoms with van der Waals surface area (Å²) in [4.78, 5) is 11.2. The molecule has 0 heterocycles. The summed E-state index contributed by atoms with van der Waals surface area (Å²) in [7, 11) is 0. The molecule has 0 unspecified atom stereocenters. The van der Waals surface area contributed by atoms with E-state index in [0.29, 0.717) is 12.0 Å². The van der Waals surface area contributed by atoms with Gasteiger partial charge >= 0.3 is 0 Å². The first-order chi connectivity index (χ1) is 5.74. The van der Waals surface area contributed by atoms with Gasteiger partial charge in [-0.1, -0.05) is 6.92 Å². The molecule has 0 radical (unpaired) electrons. The van der Waals surface area contributed by atoms with Gasteiger partial charge in [0.15, 0.2) is 5.78 Å². The summed E-state index contributed by atoms with van der Waals surface area (Å²) in [5, 5.41) is 0. The fourth-order valence-corrected chi connectivity index (χ4v) is 1.01. The van der Waals surface area contributed by atoms with E-state index in [-0.39, 0.29) is 24.0 Å². The zero-order valence-electron chi connectivity index (χ0n) is 7.39. The van der Waals surface area contributed by atoms with Crippen LogP contribution in [0.3, 0.4) is 0 Å². The molecule has 0 aliphatic rings. The maximum absolute atomic E-state index is 12.4. The summed E-state index contributed by atoms with van der Waals surface area (Å²) in [5.74, 6) is -0.222. The standard InChI is InChI=1S/C10H11FO.ClH/c1-2-3-10(12)8-4-6-9(11)7-5-8;/h4-7H,2-3H2,1H3;1H/p-1. The average molecular weight is 202 g/mol. The van der Waals surface area contributed by atoms with Crippen molar-refractivity contribution in [2.24, 2.45) is 0 Å². The zero-order valence-corrected chi connectivity index (χ0v) is 8.14. The molecule has 0 aliphatic carbocycles. The lowest BCUT2D eigenvalue weighted by molar-refractivity contribution is -0.0000112. The highest BCUT2D eigenvalue weighted by Crippen LogP contribution is 2.06. The zero-order chi connectivity index (χ0) is 8.97. The van der Waals surface area contributed by atoms with Gasteiger partial charge in [-0.15, -0.1) is 0 Å². The van der Waals surface area contributed by atoms with Crippen molar-refractivity contribution in [2.75, 3.05) is 0 Å². The Morgan fingerprint density at radius 3 is 2.31 bits per heavy atom. The minimum absolute atomic E-state index is 0. The number of hydrogen-bond acceptors (Lipinski definition) is 1. The third kappa shape index (κ3) is 3.55. The van der Waals surface area contributed by atoms with Crippen LogP contribution in [-0.2, 0) is 0 Å². The quantitative estimate of drug-likeness (QED) is 0.620. The molecule has 0 saturated carbocycles. The van der Waals surface area contributed by atoms with Crippen molar-refractivity contribution in [1.29, 1.82) is 0 Å². The molecule has 0 saturated heterocycles. The van der Waals surface area contributed by atoms with E-state index in [1.165, 1.54) is 24.3 Å². The minimum Gasteiger partial charge on any atom is -1.00 e. The number of hydrogen-bond donors (Lipinski definition) is 0. The number of halogens is 2. The van der Waals surface area contributed by atoms with Gasteiger partial charge in [-0.3, -0.25) is 4.79 Å². The van der Waals surface area contributed by atoms with Gasteiger partial charge in [-0.2, -0.15) is 0 Å². The Morgan fingerprint density at radius 2 is 1.85 bits per heavy atom. The molecule has 1 rings (SSSR count). The van der Waals surface area contributed by atoms with Crippen molar-refractivity contribution in [3.63, 3.8) is 0 Å². The van der Waals surface area contributed by atoms with Gasteiger partial charge in [0.2, 0.25) is 0 Å². The van der Waals surface area contributed by atoms with Crippen molar-refractivity contribution < 1.29 is 21.6 Å². The van der Waals surface area contributed by atoms with Gasteiger partial charge < -0.3 is 12.4 Å². The summed E-state index contributed by atoms with van der Waals surface area (Å²) in [6.07, 6.45) is 1.36. The molecule has 0 amide bonds. The number of benzene rings is 1. The van der Waals surface area contributed by atoms with E-state index in [1.807, 2.05) is 6.92 Å². The molecule has 1 aromatic carbocycles. The molecule has 1 nitrogen and oxygen atoms in total. The number of Topliss-reactive ketones (excluding diaryl/α,β-unsaturated/α-hetero) is 1. The molecule has 3 heteroatoms. The van der Waals surface area contributed by atoms with E-state index in [0.717, 1.165) is 6.42 Å². The fourth-order valence-electron chi connectivity index (χ4n) is 1.01. The lowest BCUT2D eigenvalue weighted by Crippen LogP contribution is -3.00. The summed E-state index contributed by atoms with van der Waals surface area (Å²) >= 11 is 0. The Kier molecular flexibility index (Phi) is 5.31. The van der Waals surface area contributed by atoms with Crippen molar-refractivity contribution in [2.45, 2.75) is 19.8 Å². The predicted molar refractivity (Wildman–Crippen MR) is 45.6 cm³/mol. The third-order valence-corrected chi connectivity index (χ3v) is 1.64. The van der Waals surface area contributed by atoms with Gasteiger partial charge in [0.25, 0.3) is 0 Å². The number of carbonyl (C=O) groups excluding carboxylic acids is 1. The molecule has 1 aromatic rings. The van der Waals surface area contributed by atoms with Gasteiger partial charge in [0, 0.05) is 12.0 Å². The molecule has 0 aliphatic heterocycles. The first-order valence-electron chi connectivity index (χ1n) is 4.03. The van der Waals surface area contributed by atoms with E-state index >= 15 is 0 Å². The van der Waals surface area contributed by atoms with E-state index in [1.54, 1.807) is 0 Å². The van der Waals surface area contributed by atoms with E-state index in [9.17, 15) is 9.18 Å².